The van der Waals surface area contributed by atoms with E-state index in [4.69, 9.17) is 0 Å². The molecule has 0 amide bonds. The van der Waals surface area contributed by atoms with Crippen molar-refractivity contribution >= 4 is 5.65 Å². The highest BCUT2D eigenvalue weighted by molar-refractivity contribution is 5.57. The first kappa shape index (κ1) is 8.78. The van der Waals surface area contributed by atoms with Crippen LogP contribution in [0.1, 0.15) is 0 Å². The molecule has 6 heteroatoms. The van der Waals surface area contributed by atoms with E-state index in [1.807, 2.05) is 6.20 Å². The van der Waals surface area contributed by atoms with Gasteiger partial charge in [0.1, 0.15) is 6.33 Å². The van der Waals surface area contributed by atoms with Crippen LogP contribution in [0.25, 0.3) is 16.9 Å². The van der Waals surface area contributed by atoms with E-state index in [0.717, 1.165) is 11.3 Å². The summed E-state index contributed by atoms with van der Waals surface area (Å²) in [5, 5.41) is 7.63. The van der Waals surface area contributed by atoms with Crippen molar-refractivity contribution in [2.24, 2.45) is 0 Å². The van der Waals surface area contributed by atoms with E-state index in [2.05, 4.69) is 20.2 Å². The summed E-state index contributed by atoms with van der Waals surface area (Å²) in [6.45, 7) is 0. The predicted molar refractivity (Wildman–Crippen MR) is 56.8 cm³/mol. The Morgan fingerprint density at radius 3 is 3.06 bits per heavy atom. The summed E-state index contributed by atoms with van der Waals surface area (Å²) in [6, 6.07) is 3.19. The Balaban J connectivity index is 2.17. The summed E-state index contributed by atoms with van der Waals surface area (Å²) in [4.78, 5) is 17.8. The zero-order valence-corrected chi connectivity index (χ0v) is 8.16. The summed E-state index contributed by atoms with van der Waals surface area (Å²) in [5.41, 5.74) is 2.15. The van der Waals surface area contributed by atoms with Crippen LogP contribution < -0.4 is 5.56 Å². The largest absolute Gasteiger partial charge is 0.328 e. The Labute approximate surface area is 89.6 Å². The highest BCUT2D eigenvalue weighted by Gasteiger charge is 2.01. The van der Waals surface area contributed by atoms with Gasteiger partial charge in [0.2, 0.25) is 5.56 Å². The molecule has 3 aromatic rings. The van der Waals surface area contributed by atoms with Gasteiger partial charge < -0.3 is 4.98 Å². The molecule has 0 bridgehead atoms. The molecule has 0 aromatic carbocycles. The first-order valence-electron chi connectivity index (χ1n) is 4.67. The first-order chi connectivity index (χ1) is 7.83. The van der Waals surface area contributed by atoms with Crippen molar-refractivity contribution < 1.29 is 0 Å². The smallest absolute Gasteiger partial charge is 0.247 e. The Morgan fingerprint density at radius 1 is 1.31 bits per heavy atom. The Morgan fingerprint density at radius 2 is 2.25 bits per heavy atom. The van der Waals surface area contributed by atoms with E-state index in [9.17, 15) is 4.79 Å². The molecule has 0 saturated heterocycles. The summed E-state index contributed by atoms with van der Waals surface area (Å²) in [5.74, 6) is 0. The number of pyridine rings is 1. The number of H-pyrrole nitrogens is 1. The molecule has 0 fully saturated rings. The molecule has 0 atom stereocenters. The van der Waals surface area contributed by atoms with E-state index in [-0.39, 0.29) is 5.56 Å². The van der Waals surface area contributed by atoms with E-state index in [1.54, 1.807) is 29.2 Å². The first-order valence-corrected chi connectivity index (χ1v) is 4.67. The van der Waals surface area contributed by atoms with Crippen LogP contribution in [0, 0.1) is 0 Å². The fraction of sp³-hybridized carbons (Fsp3) is 0. The molecule has 6 nitrogen and oxygen atoms in total. The fourth-order valence-electron chi connectivity index (χ4n) is 1.45. The summed E-state index contributed by atoms with van der Waals surface area (Å²) < 4.78 is 1.77. The molecule has 3 aromatic heterocycles. The van der Waals surface area contributed by atoms with Gasteiger partial charge in [0.05, 0.1) is 11.9 Å². The van der Waals surface area contributed by atoms with E-state index in [1.165, 1.54) is 6.07 Å². The monoisotopic (exact) mass is 213 g/mol. The second kappa shape index (κ2) is 3.27. The standard InChI is InChI=1S/C10H7N5O/c16-10-2-1-7(3-12-10)8-5-15-6-13-14-9(15)4-11-8/h1-6H,(H,12,16). The molecule has 0 aliphatic rings. The average molecular weight is 213 g/mol. The van der Waals surface area contributed by atoms with Gasteiger partial charge in [-0.3, -0.25) is 14.2 Å². The Bertz CT molecular complexity index is 679. The van der Waals surface area contributed by atoms with Crippen LogP contribution in [-0.4, -0.2) is 24.6 Å². The van der Waals surface area contributed by atoms with Gasteiger partial charge in [-0.05, 0) is 6.07 Å². The van der Waals surface area contributed by atoms with Gasteiger partial charge >= 0.3 is 0 Å². The number of rotatable bonds is 1. The maximum Gasteiger partial charge on any atom is 0.247 e. The molecule has 3 rings (SSSR count). The molecule has 0 spiro atoms. The lowest BCUT2D eigenvalue weighted by molar-refractivity contribution is 1.10. The number of nitrogens with zero attached hydrogens (tertiary/aromatic N) is 4. The highest BCUT2D eigenvalue weighted by Crippen LogP contribution is 2.13. The van der Waals surface area contributed by atoms with Gasteiger partial charge in [-0.25, -0.2) is 0 Å². The van der Waals surface area contributed by atoms with E-state index >= 15 is 0 Å². The van der Waals surface area contributed by atoms with Crippen LogP contribution in [0.15, 0.2) is 41.8 Å². The minimum Gasteiger partial charge on any atom is -0.328 e. The molecule has 78 valence electrons. The molecular weight excluding hydrogens is 206 g/mol. The highest BCUT2D eigenvalue weighted by atomic mass is 16.1. The fourth-order valence-corrected chi connectivity index (χ4v) is 1.45. The molecule has 0 aliphatic carbocycles. The molecule has 3 heterocycles. The Hall–Kier alpha value is -2.50. The van der Waals surface area contributed by atoms with Crippen LogP contribution in [0.5, 0.6) is 0 Å². The molecule has 0 unspecified atom stereocenters. The summed E-state index contributed by atoms with van der Waals surface area (Å²) in [7, 11) is 0. The van der Waals surface area contributed by atoms with Gasteiger partial charge in [0, 0.05) is 24.0 Å². The molecule has 16 heavy (non-hydrogen) atoms. The number of aromatic nitrogens is 5. The van der Waals surface area contributed by atoms with Crippen LogP contribution >= 0.6 is 0 Å². The van der Waals surface area contributed by atoms with Crippen molar-refractivity contribution in [1.82, 2.24) is 24.6 Å². The lowest BCUT2D eigenvalue weighted by Gasteiger charge is -1.99. The maximum atomic E-state index is 10.9. The number of hydrogen-bond donors (Lipinski definition) is 1. The lowest BCUT2D eigenvalue weighted by Crippen LogP contribution is -2.02. The van der Waals surface area contributed by atoms with Crippen molar-refractivity contribution in [3.05, 3.63) is 47.4 Å². The third-order valence-electron chi connectivity index (χ3n) is 2.26. The van der Waals surface area contributed by atoms with Crippen LogP contribution in [0.2, 0.25) is 0 Å². The normalized spacial score (nSPS) is 10.8. The second-order valence-corrected chi connectivity index (χ2v) is 3.31. The van der Waals surface area contributed by atoms with Gasteiger partial charge in [-0.15, -0.1) is 10.2 Å². The molecule has 0 aliphatic heterocycles. The Kier molecular flexibility index (Phi) is 1.79. The second-order valence-electron chi connectivity index (χ2n) is 3.31. The van der Waals surface area contributed by atoms with Crippen molar-refractivity contribution in [2.45, 2.75) is 0 Å². The zero-order valence-electron chi connectivity index (χ0n) is 8.16. The number of fused-ring (bicyclic) bond motifs is 1. The SMILES string of the molecule is O=c1ccc(-c2cn3cnnc3cn2)c[nH]1. The number of nitrogens with one attached hydrogen (secondary N) is 1. The van der Waals surface area contributed by atoms with Crippen molar-refractivity contribution in [2.75, 3.05) is 0 Å². The van der Waals surface area contributed by atoms with Crippen molar-refractivity contribution in [3.63, 3.8) is 0 Å². The average Bonchev–Trinajstić information content (AvgIpc) is 2.77. The molecular formula is C10H7N5O. The van der Waals surface area contributed by atoms with Gasteiger partial charge in [0.25, 0.3) is 0 Å². The van der Waals surface area contributed by atoms with Crippen molar-refractivity contribution in [3.8, 4) is 11.3 Å². The predicted octanol–water partition coefficient (Wildman–Crippen LogP) is 0.480. The van der Waals surface area contributed by atoms with Crippen LogP contribution in [0.4, 0.5) is 0 Å². The van der Waals surface area contributed by atoms with Gasteiger partial charge in [-0.2, -0.15) is 0 Å². The summed E-state index contributed by atoms with van der Waals surface area (Å²) in [6.07, 6.45) is 6.67. The minimum absolute atomic E-state index is 0.130. The van der Waals surface area contributed by atoms with Crippen LogP contribution in [-0.2, 0) is 0 Å². The molecule has 1 N–H and O–H groups in total. The lowest BCUT2D eigenvalue weighted by atomic mass is 10.2. The van der Waals surface area contributed by atoms with Gasteiger partial charge in [0.15, 0.2) is 5.65 Å². The van der Waals surface area contributed by atoms with E-state index in [0.29, 0.717) is 5.65 Å². The molecule has 0 radical (unpaired) electrons. The maximum absolute atomic E-state index is 10.9. The topological polar surface area (TPSA) is 75.9 Å². The number of aromatic amines is 1. The number of hydrogen-bond acceptors (Lipinski definition) is 4. The third-order valence-corrected chi connectivity index (χ3v) is 2.26. The minimum atomic E-state index is -0.130. The van der Waals surface area contributed by atoms with E-state index < -0.39 is 0 Å². The van der Waals surface area contributed by atoms with Crippen LogP contribution in [0.3, 0.4) is 0 Å². The van der Waals surface area contributed by atoms with Crippen molar-refractivity contribution in [1.29, 1.82) is 0 Å². The zero-order chi connectivity index (χ0) is 11.0. The van der Waals surface area contributed by atoms with Gasteiger partial charge in [-0.1, -0.05) is 0 Å². The third kappa shape index (κ3) is 1.36. The summed E-state index contributed by atoms with van der Waals surface area (Å²) >= 11 is 0. The quantitative estimate of drug-likeness (QED) is 0.637. The molecule has 0 saturated carbocycles.